The van der Waals surface area contributed by atoms with Crippen molar-refractivity contribution in [3.05, 3.63) is 47.7 Å². The average molecular weight is 237 g/mol. The molecule has 1 heterocycles. The zero-order chi connectivity index (χ0) is 12.4. The molecule has 17 heavy (non-hydrogen) atoms. The number of furan rings is 1. The van der Waals surface area contributed by atoms with Crippen LogP contribution in [-0.2, 0) is 0 Å². The van der Waals surface area contributed by atoms with Gasteiger partial charge >= 0.3 is 0 Å². The Morgan fingerprint density at radius 3 is 2.59 bits per heavy atom. The van der Waals surface area contributed by atoms with Gasteiger partial charge in [0.1, 0.15) is 11.5 Å². The summed E-state index contributed by atoms with van der Waals surface area (Å²) in [6, 6.07) is 6.94. The van der Waals surface area contributed by atoms with Crippen molar-refractivity contribution >= 4 is 0 Å². The number of nitrogens with two attached hydrogens (primary N) is 1. The fraction of sp³-hybridized carbons (Fsp3) is 0.231. The Balaban J connectivity index is 2.33. The van der Waals surface area contributed by atoms with E-state index in [2.05, 4.69) is 0 Å². The SMILES string of the molecule is CCC(N)c1ccc(-c2ccc(F)c(F)c2)o1. The lowest BCUT2D eigenvalue weighted by molar-refractivity contribution is 0.468. The van der Waals surface area contributed by atoms with Gasteiger partial charge in [-0.1, -0.05) is 6.92 Å². The maximum Gasteiger partial charge on any atom is 0.159 e. The molecule has 90 valence electrons. The van der Waals surface area contributed by atoms with E-state index >= 15 is 0 Å². The average Bonchev–Trinajstić information content (AvgIpc) is 2.81. The van der Waals surface area contributed by atoms with Crippen LogP contribution < -0.4 is 5.73 Å². The van der Waals surface area contributed by atoms with Crippen molar-refractivity contribution in [3.63, 3.8) is 0 Å². The van der Waals surface area contributed by atoms with Crippen LogP contribution in [0.15, 0.2) is 34.7 Å². The van der Waals surface area contributed by atoms with Crippen LogP contribution in [0.1, 0.15) is 25.1 Å². The highest BCUT2D eigenvalue weighted by atomic mass is 19.2. The first kappa shape index (κ1) is 11.8. The van der Waals surface area contributed by atoms with Crippen LogP contribution in [0.25, 0.3) is 11.3 Å². The third kappa shape index (κ3) is 2.36. The summed E-state index contributed by atoms with van der Waals surface area (Å²) in [6.07, 6.45) is 0.755. The summed E-state index contributed by atoms with van der Waals surface area (Å²) in [4.78, 5) is 0. The van der Waals surface area contributed by atoms with Gasteiger partial charge < -0.3 is 10.2 Å². The Kier molecular flexibility index (Phi) is 3.24. The zero-order valence-electron chi connectivity index (χ0n) is 9.41. The number of rotatable bonds is 3. The fourth-order valence-electron chi connectivity index (χ4n) is 1.56. The van der Waals surface area contributed by atoms with Crippen molar-refractivity contribution in [1.82, 2.24) is 0 Å². The molecule has 4 heteroatoms. The van der Waals surface area contributed by atoms with Gasteiger partial charge in [-0.3, -0.25) is 0 Å². The summed E-state index contributed by atoms with van der Waals surface area (Å²) in [5, 5.41) is 0. The normalized spacial score (nSPS) is 12.7. The molecule has 2 nitrogen and oxygen atoms in total. The summed E-state index contributed by atoms with van der Waals surface area (Å²) < 4.78 is 31.3. The molecule has 0 spiro atoms. The summed E-state index contributed by atoms with van der Waals surface area (Å²) in [6.45, 7) is 1.95. The molecule has 0 bridgehead atoms. The van der Waals surface area contributed by atoms with Gasteiger partial charge in [0, 0.05) is 5.56 Å². The molecule has 1 aromatic carbocycles. The van der Waals surface area contributed by atoms with E-state index in [0.29, 0.717) is 17.1 Å². The summed E-state index contributed by atoms with van der Waals surface area (Å²) >= 11 is 0. The van der Waals surface area contributed by atoms with Gasteiger partial charge in [0.15, 0.2) is 11.6 Å². The van der Waals surface area contributed by atoms with E-state index in [9.17, 15) is 8.78 Å². The van der Waals surface area contributed by atoms with Crippen LogP contribution in [-0.4, -0.2) is 0 Å². The molecule has 0 aliphatic heterocycles. The van der Waals surface area contributed by atoms with Crippen molar-refractivity contribution in [2.24, 2.45) is 5.73 Å². The van der Waals surface area contributed by atoms with Gasteiger partial charge in [-0.25, -0.2) is 8.78 Å². The van der Waals surface area contributed by atoms with E-state index in [1.165, 1.54) is 6.07 Å². The second-order valence-corrected chi connectivity index (χ2v) is 3.85. The molecule has 2 aromatic rings. The number of benzene rings is 1. The van der Waals surface area contributed by atoms with Crippen LogP contribution in [0.4, 0.5) is 8.78 Å². The minimum Gasteiger partial charge on any atom is -0.459 e. The first-order valence-electron chi connectivity index (χ1n) is 5.42. The first-order chi connectivity index (χ1) is 8.11. The molecule has 0 radical (unpaired) electrons. The predicted octanol–water partition coefficient (Wildman–Crippen LogP) is 3.63. The lowest BCUT2D eigenvalue weighted by Gasteiger charge is -2.04. The Hall–Kier alpha value is -1.68. The van der Waals surface area contributed by atoms with Crippen LogP contribution in [0.5, 0.6) is 0 Å². The van der Waals surface area contributed by atoms with Gasteiger partial charge in [-0.2, -0.15) is 0 Å². The largest absolute Gasteiger partial charge is 0.459 e. The van der Waals surface area contributed by atoms with Crippen molar-refractivity contribution < 1.29 is 13.2 Å². The number of halogens is 2. The maximum atomic E-state index is 13.1. The third-order valence-electron chi connectivity index (χ3n) is 2.64. The maximum absolute atomic E-state index is 13.1. The second-order valence-electron chi connectivity index (χ2n) is 3.85. The van der Waals surface area contributed by atoms with Crippen LogP contribution in [0.2, 0.25) is 0 Å². The fourth-order valence-corrected chi connectivity index (χ4v) is 1.56. The standard InChI is InChI=1S/C13H13F2NO/c1-2-11(16)13-6-5-12(17-13)8-3-4-9(14)10(15)7-8/h3-7,11H,2,16H2,1H3. The second kappa shape index (κ2) is 4.67. The topological polar surface area (TPSA) is 39.2 Å². The predicted molar refractivity (Wildman–Crippen MR) is 61.3 cm³/mol. The van der Waals surface area contributed by atoms with Crippen LogP contribution in [0.3, 0.4) is 0 Å². The third-order valence-corrected chi connectivity index (χ3v) is 2.64. The summed E-state index contributed by atoms with van der Waals surface area (Å²) in [5.41, 5.74) is 6.31. The molecule has 0 amide bonds. The van der Waals surface area contributed by atoms with Gasteiger partial charge in [-0.05, 0) is 36.8 Å². The Labute approximate surface area is 98.0 Å². The summed E-state index contributed by atoms with van der Waals surface area (Å²) in [5.74, 6) is -0.624. The monoisotopic (exact) mass is 237 g/mol. The van der Waals surface area contributed by atoms with E-state index in [1.807, 2.05) is 6.92 Å². The van der Waals surface area contributed by atoms with Crippen molar-refractivity contribution in [3.8, 4) is 11.3 Å². The molecule has 1 unspecified atom stereocenters. The molecule has 0 aliphatic carbocycles. The van der Waals surface area contributed by atoms with Gasteiger partial charge in [-0.15, -0.1) is 0 Å². The first-order valence-corrected chi connectivity index (χ1v) is 5.42. The van der Waals surface area contributed by atoms with Crippen LogP contribution >= 0.6 is 0 Å². The van der Waals surface area contributed by atoms with Gasteiger partial charge in [0.05, 0.1) is 6.04 Å². The highest BCUT2D eigenvalue weighted by Crippen LogP contribution is 2.26. The quantitative estimate of drug-likeness (QED) is 0.885. The van der Waals surface area contributed by atoms with E-state index in [1.54, 1.807) is 12.1 Å². The number of hydrogen-bond acceptors (Lipinski definition) is 2. The van der Waals surface area contributed by atoms with E-state index in [-0.39, 0.29) is 6.04 Å². The number of hydrogen-bond donors (Lipinski definition) is 1. The Morgan fingerprint density at radius 1 is 1.18 bits per heavy atom. The molecular weight excluding hydrogens is 224 g/mol. The van der Waals surface area contributed by atoms with Gasteiger partial charge in [0.2, 0.25) is 0 Å². The Morgan fingerprint density at radius 2 is 1.94 bits per heavy atom. The minimum absolute atomic E-state index is 0.172. The molecule has 0 saturated heterocycles. The van der Waals surface area contributed by atoms with Crippen molar-refractivity contribution in [1.29, 1.82) is 0 Å². The smallest absolute Gasteiger partial charge is 0.159 e. The van der Waals surface area contributed by atoms with Crippen molar-refractivity contribution in [2.45, 2.75) is 19.4 Å². The van der Waals surface area contributed by atoms with E-state index in [0.717, 1.165) is 18.6 Å². The van der Waals surface area contributed by atoms with Crippen molar-refractivity contribution in [2.75, 3.05) is 0 Å². The molecule has 2 rings (SSSR count). The highest BCUT2D eigenvalue weighted by molar-refractivity contribution is 5.57. The van der Waals surface area contributed by atoms with Crippen LogP contribution in [0, 0.1) is 11.6 Å². The lowest BCUT2D eigenvalue weighted by atomic mass is 10.1. The highest BCUT2D eigenvalue weighted by Gasteiger charge is 2.11. The molecule has 1 atom stereocenters. The molecule has 0 saturated carbocycles. The summed E-state index contributed by atoms with van der Waals surface area (Å²) in [7, 11) is 0. The lowest BCUT2D eigenvalue weighted by Crippen LogP contribution is -2.06. The van der Waals surface area contributed by atoms with E-state index < -0.39 is 11.6 Å². The molecule has 2 N–H and O–H groups in total. The molecule has 1 aromatic heterocycles. The molecule has 0 aliphatic rings. The van der Waals surface area contributed by atoms with E-state index in [4.69, 9.17) is 10.2 Å². The zero-order valence-corrected chi connectivity index (χ0v) is 9.41. The minimum atomic E-state index is -0.889. The molecular formula is C13H13F2NO. The van der Waals surface area contributed by atoms with Gasteiger partial charge in [0.25, 0.3) is 0 Å². The molecule has 0 fully saturated rings. The Bertz CT molecular complexity index is 522.